The Bertz CT molecular complexity index is 2760. The van der Waals surface area contributed by atoms with E-state index in [0.717, 1.165) is 0 Å². The predicted octanol–water partition coefficient (Wildman–Crippen LogP) is 1.87. The maximum absolute atomic E-state index is 13.6. The predicted molar refractivity (Wildman–Crippen MR) is 242 cm³/mol. The number of aliphatic hydroxyl groups excluding tert-OH is 4. The number of Topliss-reactive ketones (excluding diaryl/α,β-unsaturated/α-hetero) is 4. The summed E-state index contributed by atoms with van der Waals surface area (Å²) < 4.78 is 1.50. The van der Waals surface area contributed by atoms with Crippen molar-refractivity contribution in [2.75, 3.05) is 28.2 Å². The van der Waals surface area contributed by atoms with Gasteiger partial charge in [0.05, 0.1) is 32.3 Å². The lowest BCUT2D eigenvalue weighted by Gasteiger charge is -2.50. The van der Waals surface area contributed by atoms with E-state index in [1.807, 2.05) is 22.6 Å². The van der Waals surface area contributed by atoms with Gasteiger partial charge in [-0.1, -0.05) is 31.9 Å². The Hall–Kier alpha value is -4.98. The zero-order valence-corrected chi connectivity index (χ0v) is 40.0. The molecule has 2 saturated carbocycles. The van der Waals surface area contributed by atoms with Gasteiger partial charge >= 0.3 is 0 Å². The first-order chi connectivity index (χ1) is 30.2. The molecule has 6 aliphatic rings. The molecule has 0 aliphatic heterocycles. The van der Waals surface area contributed by atoms with E-state index in [2.05, 4.69) is 31.9 Å². The van der Waals surface area contributed by atoms with Crippen molar-refractivity contribution in [2.24, 2.45) is 35.1 Å². The third kappa shape index (κ3) is 6.72. The Kier molecular flexibility index (Phi) is 12.1. The van der Waals surface area contributed by atoms with E-state index in [0.29, 0.717) is 29.9 Å². The zero-order chi connectivity index (χ0) is 48.4. The van der Waals surface area contributed by atoms with Crippen molar-refractivity contribution in [2.45, 2.75) is 49.0 Å². The number of carbonyl (C=O) groups is 7. The Morgan fingerprint density at radius 3 is 1.42 bits per heavy atom. The Morgan fingerprint density at radius 1 is 0.692 bits per heavy atom. The molecule has 344 valence electrons. The van der Waals surface area contributed by atoms with Crippen molar-refractivity contribution >= 4 is 107 Å². The van der Waals surface area contributed by atoms with Crippen LogP contribution in [0.3, 0.4) is 0 Å². The number of hydrogen-bond donors (Lipinski definition) is 10. The van der Waals surface area contributed by atoms with Crippen LogP contribution in [0.5, 0.6) is 11.5 Å². The summed E-state index contributed by atoms with van der Waals surface area (Å²) in [6, 6.07) is 0.840. The average Bonchev–Trinajstić information content (AvgIpc) is 3.20. The molecule has 2 fully saturated rings. The Morgan fingerprint density at radius 2 is 1.06 bits per heavy atom. The van der Waals surface area contributed by atoms with Crippen molar-refractivity contribution in [3.05, 3.63) is 86.3 Å². The molecule has 22 heteroatoms. The van der Waals surface area contributed by atoms with E-state index in [4.69, 9.17) is 11.5 Å². The van der Waals surface area contributed by atoms with E-state index < -0.39 is 122 Å². The van der Waals surface area contributed by atoms with Gasteiger partial charge in [-0.15, -0.1) is 0 Å². The molecule has 8 atom stereocenters. The highest BCUT2D eigenvalue weighted by Crippen LogP contribution is 2.56. The highest BCUT2D eigenvalue weighted by atomic mass is 127. The molecule has 8 rings (SSSR count). The largest absolute Gasteiger partial charge is 0.508 e. The van der Waals surface area contributed by atoms with Crippen molar-refractivity contribution in [1.29, 1.82) is 0 Å². The molecule has 0 aromatic heterocycles. The smallest absolute Gasteiger partial charge is 0.255 e. The summed E-state index contributed by atoms with van der Waals surface area (Å²) in [5.74, 6) is -13.9. The second kappa shape index (κ2) is 16.4. The number of benzene rings is 2. The molecule has 2 aromatic carbocycles. The number of nitrogens with two attached hydrogens (primary N) is 2. The fraction of sp³-hybridized carbons (Fsp3) is 0.372. The van der Waals surface area contributed by atoms with Crippen LogP contribution in [0.25, 0.3) is 11.5 Å². The van der Waals surface area contributed by atoms with E-state index >= 15 is 0 Å². The summed E-state index contributed by atoms with van der Waals surface area (Å²) in [6.45, 7) is 0. The third-order valence-corrected chi connectivity index (χ3v) is 15.7. The molecule has 0 saturated heterocycles. The summed E-state index contributed by atoms with van der Waals surface area (Å²) in [5, 5.41) is 87.7. The number of fused-ring (bicyclic) bond motifs is 6. The number of rotatable bonds is 5. The minimum Gasteiger partial charge on any atom is -0.508 e. The standard InChI is InChI=1S/C22H21BrN2O8.C21H20BrIN2O7/c1-25(2)15-10-4-7-3-9-11(23)5-8(6-26)16(27)13(9)17(28)12(7)19(30)22(10,33)20(31)14(18(15)29)21(24)32;1-25(2)14-8-4-6-3-7-9(22)5-10(23)15(26)12(7)16(27)11(6)18(29)21(8,32)19(30)13(17(14)28)20(24)31/h5-7,10,15,27-28,31,33H,3-4H2,1-2H3,(H2,24,32);5-6,8,14,26-27,30,32H,3-4H2,1-2H3,(H2,24,31)/t7-,10-,15-,22-;6-,8-,14-,21-/m00/s1. The van der Waals surface area contributed by atoms with Crippen LogP contribution in [0, 0.1) is 27.2 Å². The topological polar surface area (TPSA) is 340 Å². The number of amides is 2. The van der Waals surface area contributed by atoms with Gasteiger partial charge in [-0.25, -0.2) is 0 Å². The molecule has 12 N–H and O–H groups in total. The number of carbonyl (C=O) groups excluding carboxylic acids is 7. The van der Waals surface area contributed by atoms with Gasteiger partial charge < -0.3 is 52.3 Å². The monoisotopic (exact) mass is 1140 g/mol. The SMILES string of the molecule is CN(C)[C@@H]1C(=O)C(C(N)=O)=C(O)[C@@]2(O)C(=O)C3=C(O)c4c(O)c(C=O)cc(Br)c4C[C@H]3C[C@@H]12.CN(C)[C@@H]1C(=O)C(C(N)=O)=C(O)[C@@]2(O)C(=O)C3=C(O)c4c(O)c(I)cc(Br)c4C[C@H]3C[C@@H]12. The van der Waals surface area contributed by atoms with Crippen LogP contribution in [0.15, 0.2) is 54.9 Å². The highest BCUT2D eigenvalue weighted by molar-refractivity contribution is 14.1. The second-order valence-electron chi connectivity index (χ2n) is 17.2. The molecule has 0 heterocycles. The lowest BCUT2D eigenvalue weighted by Crippen LogP contribution is -2.65. The van der Waals surface area contributed by atoms with Gasteiger partial charge in [0.25, 0.3) is 11.8 Å². The number of phenolic OH excluding ortho intramolecular Hbond substituents is 2. The first-order valence-corrected chi connectivity index (χ1v) is 22.4. The molecular weight excluding hydrogens is 1100 g/mol. The average molecular weight is 1140 g/mol. The van der Waals surface area contributed by atoms with Gasteiger partial charge in [-0.3, -0.25) is 43.4 Å². The fourth-order valence-corrected chi connectivity index (χ4v) is 12.8. The van der Waals surface area contributed by atoms with Crippen molar-refractivity contribution < 1.29 is 74.4 Å². The minimum absolute atomic E-state index is 0.00556. The van der Waals surface area contributed by atoms with Crippen molar-refractivity contribution in [3.8, 4) is 11.5 Å². The maximum atomic E-state index is 13.6. The number of ketones is 4. The van der Waals surface area contributed by atoms with Crippen molar-refractivity contribution in [1.82, 2.24) is 9.80 Å². The van der Waals surface area contributed by atoms with Gasteiger partial charge in [0.15, 0.2) is 29.1 Å². The summed E-state index contributed by atoms with van der Waals surface area (Å²) in [6.07, 6.45) is 0.833. The normalized spacial score (nSPS) is 29.4. The summed E-state index contributed by atoms with van der Waals surface area (Å²) in [7, 11) is 6.18. The minimum atomic E-state index is -2.69. The van der Waals surface area contributed by atoms with Gasteiger partial charge in [0.1, 0.15) is 45.7 Å². The number of aromatic hydroxyl groups is 2. The number of nitrogens with zero attached hydrogens (tertiary/aromatic N) is 2. The maximum Gasteiger partial charge on any atom is 0.255 e. The van der Waals surface area contributed by atoms with Gasteiger partial charge in [0.2, 0.25) is 11.6 Å². The molecule has 0 spiro atoms. The first kappa shape index (κ1) is 48.0. The first-order valence-electron chi connectivity index (χ1n) is 19.7. The molecule has 2 amide bonds. The molecule has 0 unspecified atom stereocenters. The van der Waals surface area contributed by atoms with E-state index in [1.165, 1.54) is 30.0 Å². The molecule has 0 bridgehead atoms. The van der Waals surface area contributed by atoms with E-state index in [1.54, 1.807) is 20.2 Å². The molecule has 0 radical (unpaired) electrons. The lowest BCUT2D eigenvalue weighted by atomic mass is 9.57. The fourth-order valence-electron chi connectivity index (χ4n) is 10.6. The Balaban J connectivity index is 0.000000194. The number of hydrogen-bond acceptors (Lipinski definition) is 17. The van der Waals surface area contributed by atoms with Crippen LogP contribution >= 0.6 is 54.5 Å². The quantitative estimate of drug-likeness (QED) is 0.116. The highest BCUT2D eigenvalue weighted by Gasteiger charge is 2.66. The van der Waals surface area contributed by atoms with Crippen molar-refractivity contribution in [3.63, 3.8) is 0 Å². The van der Waals surface area contributed by atoms with Crippen LogP contribution in [-0.4, -0.2) is 143 Å². The lowest BCUT2D eigenvalue weighted by molar-refractivity contribution is -0.155. The molecule has 6 aliphatic carbocycles. The van der Waals surface area contributed by atoms with Gasteiger partial charge in [-0.2, -0.15) is 0 Å². The van der Waals surface area contributed by atoms with Crippen LogP contribution in [-0.2, 0) is 41.6 Å². The summed E-state index contributed by atoms with van der Waals surface area (Å²) in [4.78, 5) is 91.4. The molecule has 2 aromatic rings. The van der Waals surface area contributed by atoms with Crippen LogP contribution < -0.4 is 11.5 Å². The number of aliphatic hydroxyl groups is 6. The number of likely N-dealkylation sites (N-methyl/N-ethyl adjacent to an activating group) is 2. The third-order valence-electron chi connectivity index (χ3n) is 13.4. The second-order valence-corrected chi connectivity index (χ2v) is 20.1. The van der Waals surface area contributed by atoms with E-state index in [9.17, 15) is 74.4 Å². The Labute approximate surface area is 399 Å². The van der Waals surface area contributed by atoms with Gasteiger partial charge in [-0.05, 0) is 112 Å². The summed E-state index contributed by atoms with van der Waals surface area (Å²) >= 11 is 8.65. The van der Waals surface area contributed by atoms with Crippen LogP contribution in [0.2, 0.25) is 0 Å². The zero-order valence-electron chi connectivity index (χ0n) is 34.6. The summed E-state index contributed by atoms with van der Waals surface area (Å²) in [5.41, 5.74) is 3.96. The van der Waals surface area contributed by atoms with E-state index in [-0.39, 0.29) is 59.3 Å². The van der Waals surface area contributed by atoms with Crippen LogP contribution in [0.1, 0.15) is 45.5 Å². The molecule has 65 heavy (non-hydrogen) atoms. The number of phenols is 2. The number of primary amides is 2. The molecule has 19 nitrogen and oxygen atoms in total. The van der Waals surface area contributed by atoms with Gasteiger partial charge in [0, 0.05) is 31.9 Å². The number of aldehydes is 1. The van der Waals surface area contributed by atoms with Crippen LogP contribution in [0.4, 0.5) is 0 Å². The molecular formula is C43H41Br2IN4O15. The number of halogens is 3.